The number of rotatable bonds is 10. The molecule has 2 rings (SSSR count). The highest BCUT2D eigenvalue weighted by molar-refractivity contribution is 6.74. The fraction of sp³-hybridized carbons (Fsp3) is 0.500. The first-order valence-corrected chi connectivity index (χ1v) is 14.1. The molecular formula is C26H39NO2Si. The van der Waals surface area contributed by atoms with Gasteiger partial charge in [0.15, 0.2) is 26.7 Å². The van der Waals surface area contributed by atoms with E-state index in [4.69, 9.17) is 4.43 Å². The average Bonchev–Trinajstić information content (AvgIpc) is 2.70. The molecule has 0 aliphatic heterocycles. The maximum absolute atomic E-state index is 13.5. The second-order valence-electron chi connectivity index (χ2n) is 9.64. The summed E-state index contributed by atoms with van der Waals surface area (Å²) in [5.41, 5.74) is 2.95. The SMILES string of the molecule is CCCCC/C([C@H](O[Si](C)(C)C(C)(C)C)c1ccccc1)=[N+](/[O-])Cc1ccccc1. The fourth-order valence-corrected chi connectivity index (χ4v) is 4.44. The lowest BCUT2D eigenvalue weighted by Gasteiger charge is -2.39. The van der Waals surface area contributed by atoms with Gasteiger partial charge in [0.05, 0.1) is 0 Å². The van der Waals surface area contributed by atoms with Crippen molar-refractivity contribution in [2.75, 3.05) is 0 Å². The molecule has 1 atom stereocenters. The van der Waals surface area contributed by atoms with Gasteiger partial charge in [0.25, 0.3) is 0 Å². The van der Waals surface area contributed by atoms with Crippen LogP contribution in [-0.2, 0) is 11.0 Å². The molecule has 0 saturated heterocycles. The maximum Gasteiger partial charge on any atom is 0.196 e. The van der Waals surface area contributed by atoms with E-state index in [1.807, 2.05) is 48.5 Å². The largest absolute Gasteiger partial charge is 0.624 e. The van der Waals surface area contributed by atoms with Crippen LogP contribution in [0.1, 0.15) is 70.6 Å². The quantitative estimate of drug-likeness (QED) is 0.0987. The minimum atomic E-state index is -2.09. The summed E-state index contributed by atoms with van der Waals surface area (Å²) in [6.45, 7) is 13.8. The normalized spacial score (nSPS) is 14.3. The lowest BCUT2D eigenvalue weighted by Crippen LogP contribution is -2.44. The van der Waals surface area contributed by atoms with E-state index in [0.717, 1.165) is 42.5 Å². The Morgan fingerprint density at radius 3 is 2.07 bits per heavy atom. The zero-order chi connectivity index (χ0) is 22.2. The van der Waals surface area contributed by atoms with Crippen LogP contribution in [0.25, 0.3) is 0 Å². The minimum absolute atomic E-state index is 0.0711. The molecule has 2 aromatic rings. The zero-order valence-electron chi connectivity index (χ0n) is 19.7. The number of nitrogens with zero attached hydrogens (tertiary/aromatic N) is 1. The Hall–Kier alpha value is -1.91. The van der Waals surface area contributed by atoms with E-state index in [9.17, 15) is 5.21 Å². The third-order valence-corrected chi connectivity index (χ3v) is 10.6. The van der Waals surface area contributed by atoms with Crippen molar-refractivity contribution in [2.45, 2.75) is 84.2 Å². The standard InChI is InChI=1S/C26H39NO2Si/c1-7-8-11-20-24(27(28)21-22-16-12-9-13-17-22)25(23-18-14-10-15-19-23)29-30(5,6)26(2,3)4/h9-10,12-19,25H,7-8,11,20-21H2,1-6H3/b27-24-/t25-/m1/s1. The molecule has 0 aliphatic carbocycles. The summed E-state index contributed by atoms with van der Waals surface area (Å²) >= 11 is 0. The highest BCUT2D eigenvalue weighted by atomic mass is 28.4. The second kappa shape index (κ2) is 10.9. The first kappa shape index (κ1) is 24.4. The van der Waals surface area contributed by atoms with Crippen LogP contribution in [0, 0.1) is 5.21 Å². The van der Waals surface area contributed by atoms with E-state index in [1.54, 1.807) is 0 Å². The van der Waals surface area contributed by atoms with E-state index >= 15 is 0 Å². The van der Waals surface area contributed by atoms with Gasteiger partial charge in [-0.15, -0.1) is 0 Å². The minimum Gasteiger partial charge on any atom is -0.624 e. The summed E-state index contributed by atoms with van der Waals surface area (Å²) in [6.07, 6.45) is 3.71. The van der Waals surface area contributed by atoms with Gasteiger partial charge in [0, 0.05) is 12.0 Å². The summed E-state index contributed by atoms with van der Waals surface area (Å²) in [5.74, 6) is 0. The molecule has 2 aromatic carbocycles. The van der Waals surface area contributed by atoms with Crippen LogP contribution >= 0.6 is 0 Å². The van der Waals surface area contributed by atoms with Crippen molar-refractivity contribution in [3.8, 4) is 0 Å². The summed E-state index contributed by atoms with van der Waals surface area (Å²) in [5, 5.41) is 13.5. The van der Waals surface area contributed by atoms with Crippen molar-refractivity contribution in [3.63, 3.8) is 0 Å². The van der Waals surface area contributed by atoms with Crippen molar-refractivity contribution < 1.29 is 9.16 Å². The maximum atomic E-state index is 13.5. The predicted octanol–water partition coefficient (Wildman–Crippen LogP) is 7.48. The van der Waals surface area contributed by atoms with Gasteiger partial charge in [0.1, 0.15) is 0 Å². The van der Waals surface area contributed by atoms with Crippen molar-refractivity contribution in [2.24, 2.45) is 0 Å². The van der Waals surface area contributed by atoms with Gasteiger partial charge in [-0.05, 0) is 30.1 Å². The number of hydrogen-bond donors (Lipinski definition) is 0. The van der Waals surface area contributed by atoms with Crippen molar-refractivity contribution in [1.29, 1.82) is 0 Å². The van der Waals surface area contributed by atoms with Crippen LogP contribution in [0.15, 0.2) is 60.7 Å². The molecule has 0 spiro atoms. The third kappa shape index (κ3) is 6.81. The highest BCUT2D eigenvalue weighted by Crippen LogP contribution is 2.40. The summed E-state index contributed by atoms with van der Waals surface area (Å²) in [4.78, 5) is 0. The fourth-order valence-electron chi connectivity index (χ4n) is 3.22. The molecule has 0 N–H and O–H groups in total. The Labute approximate surface area is 184 Å². The summed E-state index contributed by atoms with van der Waals surface area (Å²) < 4.78 is 8.09. The van der Waals surface area contributed by atoms with E-state index < -0.39 is 8.32 Å². The smallest absolute Gasteiger partial charge is 0.196 e. The topological polar surface area (TPSA) is 35.3 Å². The van der Waals surface area contributed by atoms with Crippen LogP contribution in [-0.4, -0.2) is 18.8 Å². The molecule has 0 bridgehead atoms. The summed E-state index contributed by atoms with van der Waals surface area (Å²) in [6, 6.07) is 20.3. The molecule has 0 amide bonds. The molecule has 0 aliphatic rings. The van der Waals surface area contributed by atoms with Gasteiger partial charge in [-0.3, -0.25) is 0 Å². The Morgan fingerprint density at radius 2 is 1.53 bits per heavy atom. The monoisotopic (exact) mass is 425 g/mol. The molecule has 0 radical (unpaired) electrons. The molecule has 0 fully saturated rings. The lowest BCUT2D eigenvalue weighted by atomic mass is 10.00. The number of hydrogen-bond acceptors (Lipinski definition) is 2. The molecule has 0 heterocycles. The van der Waals surface area contributed by atoms with E-state index in [0.29, 0.717) is 6.54 Å². The molecule has 30 heavy (non-hydrogen) atoms. The van der Waals surface area contributed by atoms with Gasteiger partial charge < -0.3 is 9.63 Å². The van der Waals surface area contributed by atoms with Crippen LogP contribution in [0.2, 0.25) is 18.1 Å². The van der Waals surface area contributed by atoms with Gasteiger partial charge in [0.2, 0.25) is 0 Å². The van der Waals surface area contributed by atoms with Gasteiger partial charge in [-0.2, -0.15) is 0 Å². The first-order chi connectivity index (χ1) is 14.2. The van der Waals surface area contributed by atoms with Gasteiger partial charge in [-0.1, -0.05) is 101 Å². The Balaban J connectivity index is 2.49. The molecule has 3 nitrogen and oxygen atoms in total. The van der Waals surface area contributed by atoms with Crippen LogP contribution in [0.3, 0.4) is 0 Å². The molecule has 164 valence electrons. The van der Waals surface area contributed by atoms with E-state index in [1.165, 1.54) is 4.74 Å². The van der Waals surface area contributed by atoms with Gasteiger partial charge >= 0.3 is 0 Å². The summed E-state index contributed by atoms with van der Waals surface area (Å²) in [7, 11) is -2.09. The molecular weight excluding hydrogens is 386 g/mol. The van der Waals surface area contributed by atoms with Crippen LogP contribution in [0.4, 0.5) is 0 Å². The predicted molar refractivity (Wildman–Crippen MR) is 130 cm³/mol. The molecule has 4 heteroatoms. The Morgan fingerprint density at radius 1 is 0.967 bits per heavy atom. The zero-order valence-corrected chi connectivity index (χ0v) is 20.7. The average molecular weight is 426 g/mol. The second-order valence-corrected chi connectivity index (χ2v) is 14.4. The van der Waals surface area contributed by atoms with Gasteiger partial charge in [-0.25, -0.2) is 4.74 Å². The van der Waals surface area contributed by atoms with Crippen LogP contribution in [0.5, 0.6) is 0 Å². The number of unbranched alkanes of at least 4 members (excludes halogenated alkanes) is 2. The first-order valence-electron chi connectivity index (χ1n) is 11.2. The Bertz CT molecular complexity index is 795. The van der Waals surface area contributed by atoms with Crippen molar-refractivity contribution >= 4 is 14.0 Å². The van der Waals surface area contributed by atoms with Crippen molar-refractivity contribution in [3.05, 3.63) is 77.0 Å². The molecule has 0 saturated carbocycles. The van der Waals surface area contributed by atoms with Crippen molar-refractivity contribution in [1.82, 2.24) is 0 Å². The molecule has 0 aromatic heterocycles. The van der Waals surface area contributed by atoms with Crippen LogP contribution < -0.4 is 0 Å². The Kier molecular flexibility index (Phi) is 8.87. The third-order valence-electron chi connectivity index (χ3n) is 6.15. The number of benzene rings is 2. The number of hydroxylamine groups is 1. The van der Waals surface area contributed by atoms with E-state index in [2.05, 4.69) is 52.9 Å². The molecule has 0 unspecified atom stereocenters. The highest BCUT2D eigenvalue weighted by Gasteiger charge is 2.42. The lowest BCUT2D eigenvalue weighted by molar-refractivity contribution is -0.479. The van der Waals surface area contributed by atoms with E-state index in [-0.39, 0.29) is 11.1 Å².